The first-order valence-corrected chi connectivity index (χ1v) is 22.0. The van der Waals surface area contributed by atoms with Crippen LogP contribution >= 0.6 is 0 Å². The molecule has 0 unspecified atom stereocenters. The lowest BCUT2D eigenvalue weighted by atomic mass is 9.93. The Morgan fingerprint density at radius 2 is 0.812 bits per heavy atom. The molecular formula is C62H42N2. The molecule has 0 saturated carbocycles. The maximum atomic E-state index is 2.45. The lowest BCUT2D eigenvalue weighted by Gasteiger charge is -2.26. The minimum Gasteiger partial charge on any atom is -0.310 e. The van der Waals surface area contributed by atoms with Gasteiger partial charge in [-0.1, -0.05) is 182 Å². The molecule has 1 heterocycles. The lowest BCUT2D eigenvalue weighted by molar-refractivity contribution is 1.18. The van der Waals surface area contributed by atoms with Crippen LogP contribution < -0.4 is 4.90 Å². The second-order valence-electron chi connectivity index (χ2n) is 16.5. The summed E-state index contributed by atoms with van der Waals surface area (Å²) < 4.78 is 2.45. The molecule has 0 radical (unpaired) electrons. The first-order valence-electron chi connectivity index (χ1n) is 22.0. The van der Waals surface area contributed by atoms with Crippen LogP contribution in [0.1, 0.15) is 0 Å². The molecule has 12 rings (SSSR count). The second-order valence-corrected chi connectivity index (χ2v) is 16.5. The van der Waals surface area contributed by atoms with Crippen molar-refractivity contribution in [2.75, 3.05) is 4.90 Å². The minimum absolute atomic E-state index is 1.11. The molecular weight excluding hydrogens is 773 g/mol. The van der Waals surface area contributed by atoms with Crippen LogP contribution in [0.3, 0.4) is 0 Å². The summed E-state index contributed by atoms with van der Waals surface area (Å²) in [5.41, 5.74) is 16.4. The number of hydrogen-bond donors (Lipinski definition) is 0. The summed E-state index contributed by atoms with van der Waals surface area (Å²) in [6.07, 6.45) is 0. The Balaban J connectivity index is 0.970. The average molecular weight is 815 g/mol. The van der Waals surface area contributed by atoms with E-state index in [0.29, 0.717) is 0 Å². The number of fused-ring (bicyclic) bond motifs is 5. The van der Waals surface area contributed by atoms with E-state index in [1.54, 1.807) is 0 Å². The van der Waals surface area contributed by atoms with Gasteiger partial charge in [-0.3, -0.25) is 0 Å². The van der Waals surface area contributed by atoms with Crippen LogP contribution in [0.2, 0.25) is 0 Å². The van der Waals surface area contributed by atoms with Gasteiger partial charge in [-0.25, -0.2) is 0 Å². The second kappa shape index (κ2) is 15.8. The van der Waals surface area contributed by atoms with Gasteiger partial charge < -0.3 is 9.47 Å². The minimum atomic E-state index is 1.11. The largest absolute Gasteiger partial charge is 0.310 e. The molecule has 300 valence electrons. The molecule has 0 amide bonds. The highest BCUT2D eigenvalue weighted by molar-refractivity contribution is 6.11. The standard InChI is InChI=1S/C62H42N2/c1-3-16-43(17-4-1)49-38-50(58-28-15-21-45-19-9-10-24-55(45)58)41-54(40-49)64-61-29-14-13-27-59(61)60-42-48(33-37-62(60)64)57-26-12-11-25-56(57)46-31-34-52(35-32-46)63(51-22-5-2-6-23-51)53-36-30-44-18-7-8-20-47(44)39-53/h1-42H. The smallest absolute Gasteiger partial charge is 0.0541 e. The van der Waals surface area contributed by atoms with Gasteiger partial charge in [-0.15, -0.1) is 0 Å². The summed E-state index contributed by atoms with van der Waals surface area (Å²) in [6, 6.07) is 92.7. The predicted octanol–water partition coefficient (Wildman–Crippen LogP) is 17.2. The normalized spacial score (nSPS) is 11.4. The fraction of sp³-hybridized carbons (Fsp3) is 0. The Morgan fingerprint density at radius 3 is 1.62 bits per heavy atom. The quantitative estimate of drug-likeness (QED) is 0.148. The molecule has 0 atom stereocenters. The molecule has 1 aromatic heterocycles. The van der Waals surface area contributed by atoms with Crippen LogP contribution in [0.15, 0.2) is 255 Å². The Kier molecular flexibility index (Phi) is 9.20. The van der Waals surface area contributed by atoms with Crippen LogP contribution in [-0.4, -0.2) is 4.57 Å². The number of rotatable bonds is 8. The van der Waals surface area contributed by atoms with Crippen molar-refractivity contribution in [2.24, 2.45) is 0 Å². The summed E-state index contributed by atoms with van der Waals surface area (Å²) in [5, 5.41) is 7.40. The third-order valence-electron chi connectivity index (χ3n) is 12.7. The van der Waals surface area contributed by atoms with Crippen molar-refractivity contribution in [1.82, 2.24) is 4.57 Å². The van der Waals surface area contributed by atoms with Crippen molar-refractivity contribution in [3.8, 4) is 50.2 Å². The fourth-order valence-corrected chi connectivity index (χ4v) is 9.71. The van der Waals surface area contributed by atoms with Gasteiger partial charge in [0.15, 0.2) is 0 Å². The van der Waals surface area contributed by atoms with Crippen molar-refractivity contribution >= 4 is 60.4 Å². The Bertz CT molecular complexity index is 3650. The molecule has 12 aromatic rings. The third-order valence-corrected chi connectivity index (χ3v) is 12.7. The van der Waals surface area contributed by atoms with Gasteiger partial charge in [0.05, 0.1) is 11.0 Å². The highest BCUT2D eigenvalue weighted by atomic mass is 15.1. The Morgan fingerprint density at radius 1 is 0.250 bits per heavy atom. The molecule has 11 aromatic carbocycles. The van der Waals surface area contributed by atoms with E-state index in [0.717, 1.165) is 22.7 Å². The number of para-hydroxylation sites is 2. The first-order chi connectivity index (χ1) is 31.7. The lowest BCUT2D eigenvalue weighted by Crippen LogP contribution is -2.09. The summed E-state index contributed by atoms with van der Waals surface area (Å²) in [4.78, 5) is 2.34. The zero-order chi connectivity index (χ0) is 42.4. The number of anilines is 3. The van der Waals surface area contributed by atoms with Gasteiger partial charge >= 0.3 is 0 Å². The van der Waals surface area contributed by atoms with E-state index in [2.05, 4.69) is 264 Å². The topological polar surface area (TPSA) is 8.17 Å². The molecule has 0 bridgehead atoms. The molecule has 0 saturated heterocycles. The summed E-state index contributed by atoms with van der Waals surface area (Å²) in [6.45, 7) is 0. The first kappa shape index (κ1) is 37.3. The highest BCUT2D eigenvalue weighted by Crippen LogP contribution is 2.42. The molecule has 2 nitrogen and oxygen atoms in total. The number of hydrogen-bond acceptors (Lipinski definition) is 1. The van der Waals surface area contributed by atoms with Crippen LogP contribution in [0.4, 0.5) is 17.1 Å². The monoisotopic (exact) mass is 814 g/mol. The zero-order valence-electron chi connectivity index (χ0n) is 35.1. The van der Waals surface area contributed by atoms with Gasteiger partial charge in [-0.05, 0) is 139 Å². The molecule has 0 N–H and O–H groups in total. The van der Waals surface area contributed by atoms with Crippen LogP contribution in [-0.2, 0) is 0 Å². The van der Waals surface area contributed by atoms with Crippen LogP contribution in [0.5, 0.6) is 0 Å². The van der Waals surface area contributed by atoms with Crippen LogP contribution in [0.25, 0.3) is 93.5 Å². The SMILES string of the molecule is c1ccc(-c2cc(-c3cccc4ccccc34)cc(-n3c4ccccc4c4cc(-c5ccccc5-c5ccc(N(c6ccccc6)c6ccc7ccccc7c6)cc5)ccc43)c2)cc1. The molecule has 0 spiro atoms. The van der Waals surface area contributed by atoms with Gasteiger partial charge in [-0.2, -0.15) is 0 Å². The van der Waals surface area contributed by atoms with E-state index in [-0.39, 0.29) is 0 Å². The van der Waals surface area contributed by atoms with E-state index in [1.807, 2.05) is 0 Å². The number of benzene rings is 11. The predicted molar refractivity (Wildman–Crippen MR) is 272 cm³/mol. The molecule has 0 aliphatic rings. The molecule has 64 heavy (non-hydrogen) atoms. The van der Waals surface area contributed by atoms with E-state index in [9.17, 15) is 0 Å². The van der Waals surface area contributed by atoms with Gasteiger partial charge in [0.1, 0.15) is 0 Å². The van der Waals surface area contributed by atoms with E-state index >= 15 is 0 Å². The van der Waals surface area contributed by atoms with Crippen molar-refractivity contribution in [3.05, 3.63) is 255 Å². The van der Waals surface area contributed by atoms with Crippen molar-refractivity contribution in [2.45, 2.75) is 0 Å². The molecule has 0 aliphatic heterocycles. The van der Waals surface area contributed by atoms with Crippen molar-refractivity contribution in [1.29, 1.82) is 0 Å². The van der Waals surface area contributed by atoms with E-state index in [1.165, 1.54) is 87.9 Å². The summed E-state index contributed by atoms with van der Waals surface area (Å²) in [5.74, 6) is 0. The average Bonchev–Trinajstić information content (AvgIpc) is 3.71. The zero-order valence-corrected chi connectivity index (χ0v) is 35.1. The number of nitrogens with zero attached hydrogens (tertiary/aromatic N) is 2. The van der Waals surface area contributed by atoms with Crippen molar-refractivity contribution < 1.29 is 0 Å². The number of aromatic nitrogens is 1. The summed E-state index contributed by atoms with van der Waals surface area (Å²) >= 11 is 0. The fourth-order valence-electron chi connectivity index (χ4n) is 9.71. The van der Waals surface area contributed by atoms with Crippen molar-refractivity contribution in [3.63, 3.8) is 0 Å². The van der Waals surface area contributed by atoms with Gasteiger partial charge in [0, 0.05) is 33.5 Å². The molecule has 2 heteroatoms. The summed E-state index contributed by atoms with van der Waals surface area (Å²) in [7, 11) is 0. The molecule has 0 fully saturated rings. The van der Waals surface area contributed by atoms with E-state index < -0.39 is 0 Å². The van der Waals surface area contributed by atoms with Crippen LogP contribution in [0, 0.1) is 0 Å². The maximum Gasteiger partial charge on any atom is 0.0541 e. The molecule has 0 aliphatic carbocycles. The highest BCUT2D eigenvalue weighted by Gasteiger charge is 2.18. The van der Waals surface area contributed by atoms with Gasteiger partial charge in [0.25, 0.3) is 0 Å². The Labute approximate surface area is 373 Å². The van der Waals surface area contributed by atoms with Gasteiger partial charge in [0.2, 0.25) is 0 Å². The Hall–Kier alpha value is -8.46. The maximum absolute atomic E-state index is 2.45. The van der Waals surface area contributed by atoms with E-state index in [4.69, 9.17) is 0 Å². The third kappa shape index (κ3) is 6.61.